The average Bonchev–Trinajstić information content (AvgIpc) is 3.42. The minimum Gasteiger partial charge on any atom is -0.480 e. The maximum atomic E-state index is 12.6. The van der Waals surface area contributed by atoms with Crippen molar-refractivity contribution < 1.29 is 28.6 Å². The molecular formula is C25H24N2O6S. The molecule has 1 aliphatic rings. The van der Waals surface area contributed by atoms with Gasteiger partial charge in [0, 0.05) is 12.0 Å². The number of hydrogen-bond donors (Lipinski definition) is 3. The van der Waals surface area contributed by atoms with E-state index in [9.17, 15) is 19.5 Å². The molecule has 0 bridgehead atoms. The van der Waals surface area contributed by atoms with Crippen molar-refractivity contribution >= 4 is 35.4 Å². The molecule has 0 radical (unpaired) electrons. The summed E-state index contributed by atoms with van der Waals surface area (Å²) in [6, 6.07) is 16.4. The molecule has 0 unspecified atom stereocenters. The van der Waals surface area contributed by atoms with Gasteiger partial charge in [-0.05, 0) is 40.7 Å². The maximum absolute atomic E-state index is 12.6. The second-order valence-electron chi connectivity index (χ2n) is 7.76. The van der Waals surface area contributed by atoms with Crippen LogP contribution in [0.4, 0.5) is 10.5 Å². The summed E-state index contributed by atoms with van der Waals surface area (Å²) in [6.07, 6.45) is 2.61. The lowest BCUT2D eigenvalue weighted by molar-refractivity contribution is -0.139. The number of nitrogens with one attached hydrogen (secondary N) is 2. The van der Waals surface area contributed by atoms with Crippen LogP contribution >= 0.6 is 11.8 Å². The van der Waals surface area contributed by atoms with E-state index in [2.05, 4.69) is 10.6 Å². The van der Waals surface area contributed by atoms with E-state index < -0.39 is 24.0 Å². The Bertz CT molecular complexity index is 1160. The van der Waals surface area contributed by atoms with Crippen LogP contribution in [-0.2, 0) is 9.53 Å². The Morgan fingerprint density at radius 3 is 2.32 bits per heavy atom. The number of ether oxygens (including phenoxy) is 1. The van der Waals surface area contributed by atoms with Gasteiger partial charge in [0.2, 0.25) is 5.76 Å². The highest BCUT2D eigenvalue weighted by Gasteiger charge is 2.29. The molecule has 1 aliphatic carbocycles. The molecule has 0 saturated carbocycles. The number of benzene rings is 2. The summed E-state index contributed by atoms with van der Waals surface area (Å²) in [5.41, 5.74) is 4.52. The lowest BCUT2D eigenvalue weighted by atomic mass is 9.98. The van der Waals surface area contributed by atoms with Crippen molar-refractivity contribution in [2.75, 3.05) is 23.9 Å². The fraction of sp³-hybridized carbons (Fsp3) is 0.240. The van der Waals surface area contributed by atoms with Crippen molar-refractivity contribution in [1.82, 2.24) is 5.32 Å². The summed E-state index contributed by atoms with van der Waals surface area (Å²) in [5.74, 6) is -1.59. The summed E-state index contributed by atoms with van der Waals surface area (Å²) in [6.45, 7) is 0.120. The van der Waals surface area contributed by atoms with E-state index in [1.807, 2.05) is 54.8 Å². The highest BCUT2D eigenvalue weighted by Crippen LogP contribution is 2.44. The Labute approximate surface area is 200 Å². The van der Waals surface area contributed by atoms with E-state index in [1.54, 1.807) is 0 Å². The fourth-order valence-electron chi connectivity index (χ4n) is 4.04. The molecule has 9 heteroatoms. The van der Waals surface area contributed by atoms with Gasteiger partial charge in [-0.3, -0.25) is 10.1 Å². The van der Waals surface area contributed by atoms with Gasteiger partial charge < -0.3 is 19.6 Å². The van der Waals surface area contributed by atoms with Crippen LogP contribution in [0, 0.1) is 0 Å². The minimum atomic E-state index is -1.14. The highest BCUT2D eigenvalue weighted by atomic mass is 32.2. The number of carboxylic acids is 1. The largest absolute Gasteiger partial charge is 0.480 e. The summed E-state index contributed by atoms with van der Waals surface area (Å²) < 4.78 is 10.7. The van der Waals surface area contributed by atoms with Gasteiger partial charge in [0.1, 0.15) is 12.6 Å². The third-order valence-corrected chi connectivity index (χ3v) is 6.31. The molecule has 3 aromatic rings. The number of amides is 2. The van der Waals surface area contributed by atoms with Gasteiger partial charge in [-0.1, -0.05) is 48.5 Å². The topological polar surface area (TPSA) is 118 Å². The molecule has 8 nitrogen and oxygen atoms in total. The zero-order valence-electron chi connectivity index (χ0n) is 18.4. The number of furan rings is 1. The number of hydrogen-bond acceptors (Lipinski definition) is 6. The summed E-state index contributed by atoms with van der Waals surface area (Å²) in [7, 11) is 0. The number of rotatable bonds is 9. The standard InChI is InChI=1S/C25H24N2O6S/c1-34-13-11-21(24(29)30)26-23(28)22-20(10-12-32-22)27-25(31)33-14-19-17-8-4-2-6-15(17)16-7-3-5-9-18(16)19/h2-10,12,19,21H,11,13-14H2,1H3,(H,26,28)(H,27,31)(H,29,30)/t21-/m1/s1. The fourth-order valence-corrected chi connectivity index (χ4v) is 4.52. The van der Waals surface area contributed by atoms with E-state index in [-0.39, 0.29) is 30.4 Å². The van der Waals surface area contributed by atoms with Crippen LogP contribution in [0.15, 0.2) is 65.3 Å². The Morgan fingerprint density at radius 2 is 1.71 bits per heavy atom. The van der Waals surface area contributed by atoms with Crippen LogP contribution in [0.3, 0.4) is 0 Å². The first-order valence-corrected chi connectivity index (χ1v) is 12.1. The van der Waals surface area contributed by atoms with Crippen molar-refractivity contribution in [3.63, 3.8) is 0 Å². The van der Waals surface area contributed by atoms with Gasteiger partial charge in [0.05, 0.1) is 12.0 Å². The number of carbonyl (C=O) groups is 3. The first kappa shape index (κ1) is 23.4. The number of fused-ring (bicyclic) bond motifs is 3. The molecule has 2 amide bonds. The Balaban J connectivity index is 1.40. The summed E-state index contributed by atoms with van der Waals surface area (Å²) in [5, 5.41) is 14.3. The van der Waals surface area contributed by atoms with Crippen LogP contribution in [0.2, 0.25) is 0 Å². The van der Waals surface area contributed by atoms with Gasteiger partial charge in [-0.25, -0.2) is 9.59 Å². The second kappa shape index (κ2) is 10.5. The lowest BCUT2D eigenvalue weighted by Gasteiger charge is -2.15. The summed E-state index contributed by atoms with van der Waals surface area (Å²) in [4.78, 5) is 36.5. The molecule has 1 aromatic heterocycles. The zero-order chi connectivity index (χ0) is 24.1. The van der Waals surface area contributed by atoms with E-state index >= 15 is 0 Å². The molecule has 0 fully saturated rings. The molecular weight excluding hydrogens is 456 g/mol. The molecule has 34 heavy (non-hydrogen) atoms. The number of carbonyl (C=O) groups excluding carboxylic acids is 2. The van der Waals surface area contributed by atoms with E-state index in [4.69, 9.17) is 9.15 Å². The minimum absolute atomic E-state index is 0.0990. The van der Waals surface area contributed by atoms with E-state index in [0.717, 1.165) is 22.3 Å². The number of aliphatic carboxylic acids is 1. The first-order chi connectivity index (χ1) is 16.5. The predicted molar refractivity (Wildman–Crippen MR) is 129 cm³/mol. The van der Waals surface area contributed by atoms with Crippen LogP contribution in [0.25, 0.3) is 11.1 Å². The number of carboxylic acid groups (broad SMARTS) is 1. The number of anilines is 1. The van der Waals surface area contributed by atoms with Crippen LogP contribution in [0.5, 0.6) is 0 Å². The maximum Gasteiger partial charge on any atom is 0.411 e. The van der Waals surface area contributed by atoms with Gasteiger partial charge in [-0.15, -0.1) is 0 Å². The van der Waals surface area contributed by atoms with Crippen LogP contribution in [0.1, 0.15) is 34.0 Å². The monoisotopic (exact) mass is 480 g/mol. The van der Waals surface area contributed by atoms with Crippen molar-refractivity contribution in [3.8, 4) is 11.1 Å². The predicted octanol–water partition coefficient (Wildman–Crippen LogP) is 4.58. The normalized spacial score (nSPS) is 13.0. The molecule has 4 rings (SSSR count). The smallest absolute Gasteiger partial charge is 0.411 e. The van der Waals surface area contributed by atoms with Gasteiger partial charge in [0.25, 0.3) is 5.91 Å². The lowest BCUT2D eigenvalue weighted by Crippen LogP contribution is -2.41. The third-order valence-electron chi connectivity index (χ3n) is 5.67. The molecule has 3 N–H and O–H groups in total. The van der Waals surface area contributed by atoms with Gasteiger partial charge >= 0.3 is 12.1 Å². The van der Waals surface area contributed by atoms with Crippen molar-refractivity contribution in [1.29, 1.82) is 0 Å². The second-order valence-corrected chi connectivity index (χ2v) is 8.75. The molecule has 0 saturated heterocycles. The molecule has 1 heterocycles. The van der Waals surface area contributed by atoms with Crippen LogP contribution in [-0.4, -0.2) is 47.7 Å². The highest BCUT2D eigenvalue weighted by molar-refractivity contribution is 7.98. The molecule has 176 valence electrons. The molecule has 1 atom stereocenters. The summed E-state index contributed by atoms with van der Waals surface area (Å²) >= 11 is 1.48. The quantitative estimate of drug-likeness (QED) is 0.410. The van der Waals surface area contributed by atoms with E-state index in [0.29, 0.717) is 5.75 Å². The third kappa shape index (κ3) is 4.94. The number of thioether (sulfide) groups is 1. The Kier molecular flexibility index (Phi) is 7.22. The van der Waals surface area contributed by atoms with Crippen molar-refractivity contribution in [2.45, 2.75) is 18.4 Å². The SMILES string of the molecule is CSCC[C@@H](NC(=O)c1occc1NC(=O)OCC1c2ccccc2-c2ccccc21)C(=O)O. The first-order valence-electron chi connectivity index (χ1n) is 10.7. The van der Waals surface area contributed by atoms with E-state index in [1.165, 1.54) is 24.1 Å². The van der Waals surface area contributed by atoms with Crippen molar-refractivity contribution in [3.05, 3.63) is 77.7 Å². The van der Waals surface area contributed by atoms with Gasteiger partial charge in [0.15, 0.2) is 0 Å². The zero-order valence-corrected chi connectivity index (χ0v) is 19.3. The molecule has 0 aliphatic heterocycles. The van der Waals surface area contributed by atoms with Crippen molar-refractivity contribution in [2.24, 2.45) is 0 Å². The Morgan fingerprint density at radius 1 is 1.06 bits per heavy atom. The average molecular weight is 481 g/mol. The molecule has 2 aromatic carbocycles. The van der Waals surface area contributed by atoms with Crippen LogP contribution < -0.4 is 10.6 Å². The Hall–Kier alpha value is -3.72. The van der Waals surface area contributed by atoms with Gasteiger partial charge in [-0.2, -0.15) is 11.8 Å². The molecule has 0 spiro atoms.